The van der Waals surface area contributed by atoms with Gasteiger partial charge in [0.1, 0.15) is 11.9 Å². The van der Waals surface area contributed by atoms with Crippen LogP contribution in [0.5, 0.6) is 0 Å². The molecule has 0 aliphatic rings. The molecule has 22 heavy (non-hydrogen) atoms. The first-order chi connectivity index (χ1) is 10.1. The van der Waals surface area contributed by atoms with Crippen molar-refractivity contribution in [1.29, 1.82) is 0 Å². The number of nitrogens with zero attached hydrogens (tertiary/aromatic N) is 3. The minimum absolute atomic E-state index is 0.0880. The quantitative estimate of drug-likeness (QED) is 0.376. The molecule has 1 aromatic rings. The lowest BCUT2D eigenvalue weighted by atomic mass is 10.0. The lowest BCUT2D eigenvalue weighted by Gasteiger charge is -2.16. The summed E-state index contributed by atoms with van der Waals surface area (Å²) >= 11 is 0. The van der Waals surface area contributed by atoms with Crippen LogP contribution in [0.1, 0.15) is 5.56 Å². The van der Waals surface area contributed by atoms with E-state index in [1.54, 1.807) is 0 Å². The van der Waals surface area contributed by atoms with Crippen LogP contribution in [0, 0.1) is 5.82 Å². The Morgan fingerprint density at radius 1 is 1.41 bits per heavy atom. The molecule has 0 spiro atoms. The SMILES string of the molecule is [N-]=[N+]=Nc1ccc(C[C@@H](NC(=O)C(F)(F)F)C(=O)O)c(F)c1. The third-order valence-corrected chi connectivity index (χ3v) is 2.48. The number of hydrogen-bond acceptors (Lipinski definition) is 3. The summed E-state index contributed by atoms with van der Waals surface area (Å²) < 4.78 is 50.0. The normalized spacial score (nSPS) is 12.2. The number of aliphatic carboxylic acids is 1. The molecule has 0 unspecified atom stereocenters. The highest BCUT2D eigenvalue weighted by Gasteiger charge is 2.40. The predicted molar refractivity (Wildman–Crippen MR) is 64.5 cm³/mol. The molecule has 1 aromatic carbocycles. The van der Waals surface area contributed by atoms with Crippen LogP contribution in [0.25, 0.3) is 10.4 Å². The second kappa shape index (κ2) is 6.76. The second-order valence-corrected chi connectivity index (χ2v) is 4.03. The molecule has 0 aromatic heterocycles. The lowest BCUT2D eigenvalue weighted by Crippen LogP contribution is -2.48. The van der Waals surface area contributed by atoms with Gasteiger partial charge >= 0.3 is 18.1 Å². The summed E-state index contributed by atoms with van der Waals surface area (Å²) in [4.78, 5) is 24.0. The Balaban J connectivity index is 2.95. The summed E-state index contributed by atoms with van der Waals surface area (Å²) in [5.41, 5.74) is 7.83. The summed E-state index contributed by atoms with van der Waals surface area (Å²) in [5.74, 6) is -5.17. The van der Waals surface area contributed by atoms with Crippen molar-refractivity contribution in [2.75, 3.05) is 0 Å². The summed E-state index contributed by atoms with van der Waals surface area (Å²) in [5, 5.41) is 13.2. The number of alkyl halides is 3. The van der Waals surface area contributed by atoms with Gasteiger partial charge in [-0.2, -0.15) is 13.2 Å². The van der Waals surface area contributed by atoms with Crippen LogP contribution in [0.4, 0.5) is 23.2 Å². The zero-order valence-corrected chi connectivity index (χ0v) is 10.6. The van der Waals surface area contributed by atoms with Crippen molar-refractivity contribution < 1.29 is 32.3 Å². The molecule has 11 heteroatoms. The third kappa shape index (κ3) is 4.63. The van der Waals surface area contributed by atoms with E-state index in [2.05, 4.69) is 10.0 Å². The molecule has 118 valence electrons. The maximum absolute atomic E-state index is 13.7. The van der Waals surface area contributed by atoms with Crippen molar-refractivity contribution in [3.8, 4) is 0 Å². The molecule has 7 nitrogen and oxygen atoms in total. The van der Waals surface area contributed by atoms with Crippen LogP contribution in [0.2, 0.25) is 0 Å². The average molecular weight is 320 g/mol. The molecule has 0 bridgehead atoms. The maximum atomic E-state index is 13.7. The number of carbonyl (C=O) groups excluding carboxylic acids is 1. The van der Waals surface area contributed by atoms with Crippen molar-refractivity contribution in [3.63, 3.8) is 0 Å². The highest BCUT2D eigenvalue weighted by atomic mass is 19.4. The van der Waals surface area contributed by atoms with E-state index in [0.717, 1.165) is 18.2 Å². The van der Waals surface area contributed by atoms with E-state index in [1.807, 2.05) is 0 Å². The van der Waals surface area contributed by atoms with Crippen molar-refractivity contribution >= 4 is 17.6 Å². The Morgan fingerprint density at radius 2 is 2.05 bits per heavy atom. The van der Waals surface area contributed by atoms with Gasteiger partial charge in [-0.3, -0.25) is 4.79 Å². The zero-order chi connectivity index (χ0) is 16.9. The van der Waals surface area contributed by atoms with Gasteiger partial charge in [-0.15, -0.1) is 0 Å². The van der Waals surface area contributed by atoms with Crippen LogP contribution in [0.15, 0.2) is 23.3 Å². The molecule has 0 aliphatic heterocycles. The first kappa shape index (κ1) is 17.2. The Bertz CT molecular complexity index is 641. The maximum Gasteiger partial charge on any atom is 0.471 e. The van der Waals surface area contributed by atoms with Crippen LogP contribution in [-0.4, -0.2) is 29.2 Å². The van der Waals surface area contributed by atoms with Gasteiger partial charge in [-0.05, 0) is 17.2 Å². The number of halogens is 4. The molecule has 0 saturated heterocycles. The van der Waals surface area contributed by atoms with Crippen molar-refractivity contribution in [1.82, 2.24) is 5.32 Å². The molecule has 2 N–H and O–H groups in total. The standard InChI is InChI=1S/C11H8F4N4O3/c12-7-4-6(18-19-16)2-1-5(7)3-8(9(20)21)17-10(22)11(13,14)15/h1-2,4,8H,3H2,(H,17,22)(H,20,21)/t8-/m1/s1. The van der Waals surface area contributed by atoms with Crippen LogP contribution in [0.3, 0.4) is 0 Å². The van der Waals surface area contributed by atoms with E-state index in [-0.39, 0.29) is 11.3 Å². The molecular formula is C11H8F4N4O3. The van der Waals surface area contributed by atoms with E-state index in [0.29, 0.717) is 0 Å². The van der Waals surface area contributed by atoms with Gasteiger partial charge in [0.15, 0.2) is 0 Å². The number of amides is 1. The number of carboxylic acid groups (broad SMARTS) is 1. The summed E-state index contributed by atoms with van der Waals surface area (Å²) in [6.07, 6.45) is -5.96. The zero-order valence-electron chi connectivity index (χ0n) is 10.6. The van der Waals surface area contributed by atoms with Gasteiger partial charge in [-0.25, -0.2) is 9.18 Å². The van der Waals surface area contributed by atoms with E-state index in [9.17, 15) is 27.2 Å². The largest absolute Gasteiger partial charge is 0.480 e. The van der Waals surface area contributed by atoms with Gasteiger partial charge in [0.05, 0.1) is 0 Å². The van der Waals surface area contributed by atoms with Gasteiger partial charge in [0, 0.05) is 17.0 Å². The van der Waals surface area contributed by atoms with E-state index in [1.165, 1.54) is 5.32 Å². The average Bonchev–Trinajstić information content (AvgIpc) is 2.39. The predicted octanol–water partition coefficient (Wildman–Crippen LogP) is 2.44. The summed E-state index contributed by atoms with van der Waals surface area (Å²) in [7, 11) is 0. The number of carboxylic acids is 1. The number of azide groups is 1. The minimum Gasteiger partial charge on any atom is -0.480 e. The van der Waals surface area contributed by atoms with Gasteiger partial charge in [-0.1, -0.05) is 17.2 Å². The molecule has 0 heterocycles. The lowest BCUT2D eigenvalue weighted by molar-refractivity contribution is -0.175. The number of benzene rings is 1. The molecule has 0 fully saturated rings. The van der Waals surface area contributed by atoms with E-state index in [4.69, 9.17) is 10.6 Å². The molecule has 0 aliphatic carbocycles. The fourth-order valence-electron chi connectivity index (χ4n) is 1.48. The molecule has 0 saturated carbocycles. The number of carbonyl (C=O) groups is 2. The molecular weight excluding hydrogens is 312 g/mol. The Morgan fingerprint density at radius 3 is 2.50 bits per heavy atom. The minimum atomic E-state index is -5.25. The summed E-state index contributed by atoms with van der Waals surface area (Å²) in [6, 6.07) is 1.03. The van der Waals surface area contributed by atoms with Crippen LogP contribution in [-0.2, 0) is 16.0 Å². The topological polar surface area (TPSA) is 115 Å². The first-order valence-electron chi connectivity index (χ1n) is 5.59. The number of hydrogen-bond donors (Lipinski definition) is 2. The molecule has 1 rings (SSSR count). The molecule has 1 amide bonds. The van der Waals surface area contributed by atoms with E-state index < -0.39 is 36.3 Å². The first-order valence-corrected chi connectivity index (χ1v) is 5.59. The van der Waals surface area contributed by atoms with Gasteiger partial charge < -0.3 is 10.4 Å². The van der Waals surface area contributed by atoms with Crippen molar-refractivity contribution in [2.45, 2.75) is 18.6 Å². The number of nitrogens with one attached hydrogen (secondary N) is 1. The summed E-state index contributed by atoms with van der Waals surface area (Å²) in [6.45, 7) is 0. The Hall–Kier alpha value is -2.81. The highest BCUT2D eigenvalue weighted by molar-refractivity contribution is 5.87. The van der Waals surface area contributed by atoms with Crippen molar-refractivity contribution in [3.05, 3.63) is 40.0 Å². The van der Waals surface area contributed by atoms with Gasteiger partial charge in [0.2, 0.25) is 0 Å². The fraction of sp³-hybridized carbons (Fsp3) is 0.273. The molecule has 0 radical (unpaired) electrons. The van der Waals surface area contributed by atoms with Crippen LogP contribution >= 0.6 is 0 Å². The van der Waals surface area contributed by atoms with Crippen LogP contribution < -0.4 is 5.32 Å². The fourth-order valence-corrected chi connectivity index (χ4v) is 1.48. The van der Waals surface area contributed by atoms with Crippen molar-refractivity contribution in [2.24, 2.45) is 5.11 Å². The highest BCUT2D eigenvalue weighted by Crippen LogP contribution is 2.19. The number of rotatable bonds is 5. The van der Waals surface area contributed by atoms with E-state index >= 15 is 0 Å². The Kier molecular flexibility index (Phi) is 5.30. The monoisotopic (exact) mass is 320 g/mol. The second-order valence-electron chi connectivity index (χ2n) is 4.03. The smallest absolute Gasteiger partial charge is 0.471 e. The van der Waals surface area contributed by atoms with Gasteiger partial charge in [0.25, 0.3) is 0 Å². The molecule has 1 atom stereocenters. The third-order valence-electron chi connectivity index (χ3n) is 2.48. The Labute approximate surface area is 120 Å².